The Hall–Kier alpha value is -2.84. The third-order valence-corrected chi connectivity index (χ3v) is 5.36. The van der Waals surface area contributed by atoms with E-state index in [9.17, 15) is 14.4 Å². The minimum absolute atomic E-state index is 0.203. The lowest BCUT2D eigenvalue weighted by Gasteiger charge is -2.26. The molecule has 1 N–H and O–H groups in total. The number of amides is 4. The summed E-state index contributed by atoms with van der Waals surface area (Å²) in [5.74, 6) is -0.606. The Balaban J connectivity index is 2.05. The molecule has 1 heterocycles. The number of benzene rings is 2. The first kappa shape index (κ1) is 21.9. The number of nitrogens with zero attached hydrogens (tertiary/aromatic N) is 1. The quantitative estimate of drug-likeness (QED) is 0.490. The summed E-state index contributed by atoms with van der Waals surface area (Å²) in [6, 6.07) is 7.26. The van der Waals surface area contributed by atoms with E-state index >= 15 is 0 Å². The van der Waals surface area contributed by atoms with Gasteiger partial charge in [-0.05, 0) is 71.2 Å². The number of methoxy groups -OCH3 is 1. The maximum atomic E-state index is 13.0. The van der Waals surface area contributed by atoms with Crippen molar-refractivity contribution in [3.05, 3.63) is 56.5 Å². The molecule has 0 atom stereocenters. The summed E-state index contributed by atoms with van der Waals surface area (Å²) in [6.07, 6.45) is 1.39. The average Bonchev–Trinajstić information content (AvgIpc) is 2.68. The van der Waals surface area contributed by atoms with E-state index in [1.807, 2.05) is 6.92 Å². The van der Waals surface area contributed by atoms with Crippen LogP contribution >= 0.6 is 27.5 Å². The second-order valence-corrected chi connectivity index (χ2v) is 7.62. The second-order valence-electron chi connectivity index (χ2n) is 6.36. The Morgan fingerprint density at radius 2 is 1.93 bits per heavy atom. The van der Waals surface area contributed by atoms with Gasteiger partial charge in [-0.2, -0.15) is 0 Å². The SMILES string of the molecule is CCOc1cc(/C=C2/C(=O)NC(=O)N(c3ccc(C)c(Cl)c3)C2=O)cc(Br)c1OC. The average molecular weight is 494 g/mol. The van der Waals surface area contributed by atoms with Crippen LogP contribution in [-0.4, -0.2) is 31.6 Å². The van der Waals surface area contributed by atoms with Crippen LogP contribution in [-0.2, 0) is 9.59 Å². The molecule has 0 aromatic heterocycles. The van der Waals surface area contributed by atoms with Gasteiger partial charge in [0.05, 0.1) is 23.9 Å². The van der Waals surface area contributed by atoms with E-state index in [2.05, 4.69) is 21.2 Å². The topological polar surface area (TPSA) is 84.9 Å². The van der Waals surface area contributed by atoms with Crippen molar-refractivity contribution in [2.24, 2.45) is 0 Å². The number of halogens is 2. The number of aryl methyl sites for hydroxylation is 1. The van der Waals surface area contributed by atoms with Crippen molar-refractivity contribution < 1.29 is 23.9 Å². The zero-order valence-corrected chi connectivity index (χ0v) is 18.8. The third kappa shape index (κ3) is 4.20. The molecule has 2 aromatic rings. The van der Waals surface area contributed by atoms with Gasteiger partial charge in [0.25, 0.3) is 11.8 Å². The monoisotopic (exact) mass is 492 g/mol. The standard InChI is InChI=1S/C21H18BrClN2O5/c1-4-30-17-9-12(8-15(22)18(17)29-3)7-14-19(26)24-21(28)25(20(14)27)13-6-5-11(2)16(23)10-13/h5-10H,4H2,1-3H3,(H,24,26,28)/b14-7-. The fourth-order valence-electron chi connectivity index (χ4n) is 2.91. The molecule has 7 nitrogen and oxygen atoms in total. The van der Waals surface area contributed by atoms with Gasteiger partial charge in [0, 0.05) is 5.02 Å². The number of barbiturate groups is 1. The summed E-state index contributed by atoms with van der Waals surface area (Å²) in [6.45, 7) is 4.03. The first-order valence-electron chi connectivity index (χ1n) is 8.94. The third-order valence-electron chi connectivity index (χ3n) is 4.36. The van der Waals surface area contributed by atoms with Gasteiger partial charge < -0.3 is 9.47 Å². The molecule has 9 heteroatoms. The number of urea groups is 1. The van der Waals surface area contributed by atoms with E-state index in [0.29, 0.717) is 33.2 Å². The van der Waals surface area contributed by atoms with E-state index in [1.165, 1.54) is 19.3 Å². The normalized spacial score (nSPS) is 15.4. The number of carbonyl (C=O) groups excluding carboxylic acids is 3. The largest absolute Gasteiger partial charge is 0.492 e. The van der Waals surface area contributed by atoms with Crippen LogP contribution in [0.25, 0.3) is 6.08 Å². The first-order chi connectivity index (χ1) is 14.3. The molecule has 156 valence electrons. The summed E-state index contributed by atoms with van der Waals surface area (Å²) in [4.78, 5) is 38.6. The van der Waals surface area contributed by atoms with Gasteiger partial charge >= 0.3 is 6.03 Å². The lowest BCUT2D eigenvalue weighted by Crippen LogP contribution is -2.54. The Morgan fingerprint density at radius 1 is 1.20 bits per heavy atom. The molecular weight excluding hydrogens is 476 g/mol. The highest BCUT2D eigenvalue weighted by Crippen LogP contribution is 2.37. The number of nitrogens with one attached hydrogen (secondary N) is 1. The van der Waals surface area contributed by atoms with Crippen LogP contribution in [0.3, 0.4) is 0 Å². The molecule has 1 aliphatic heterocycles. The van der Waals surface area contributed by atoms with Crippen LogP contribution in [0.15, 0.2) is 40.4 Å². The van der Waals surface area contributed by atoms with Crippen molar-refractivity contribution in [1.29, 1.82) is 0 Å². The fraction of sp³-hybridized carbons (Fsp3) is 0.190. The summed E-state index contributed by atoms with van der Waals surface area (Å²) < 4.78 is 11.5. The van der Waals surface area contributed by atoms with Gasteiger partial charge in [-0.1, -0.05) is 17.7 Å². The van der Waals surface area contributed by atoms with Crippen LogP contribution in [0.1, 0.15) is 18.1 Å². The number of rotatable bonds is 5. The molecule has 1 fully saturated rings. The molecule has 4 amide bonds. The highest BCUT2D eigenvalue weighted by Gasteiger charge is 2.37. The Labute approximate surface area is 186 Å². The lowest BCUT2D eigenvalue weighted by atomic mass is 10.1. The number of imide groups is 2. The minimum Gasteiger partial charge on any atom is -0.492 e. The second kappa shape index (κ2) is 8.89. The van der Waals surface area contributed by atoms with Gasteiger partial charge in [0.2, 0.25) is 0 Å². The predicted octanol–water partition coefficient (Wildman–Crippen LogP) is 4.48. The molecule has 0 saturated carbocycles. The Kier molecular flexibility index (Phi) is 6.48. The van der Waals surface area contributed by atoms with E-state index in [4.69, 9.17) is 21.1 Å². The van der Waals surface area contributed by atoms with Crippen molar-refractivity contribution in [2.75, 3.05) is 18.6 Å². The van der Waals surface area contributed by atoms with Gasteiger partial charge in [-0.25, -0.2) is 9.69 Å². The van der Waals surface area contributed by atoms with Crippen molar-refractivity contribution in [2.45, 2.75) is 13.8 Å². The highest BCUT2D eigenvalue weighted by molar-refractivity contribution is 9.10. The Bertz CT molecular complexity index is 1080. The number of anilines is 1. The number of hydrogen-bond donors (Lipinski definition) is 1. The van der Waals surface area contributed by atoms with Crippen LogP contribution in [0.2, 0.25) is 5.02 Å². The van der Waals surface area contributed by atoms with Crippen molar-refractivity contribution >= 4 is 57.1 Å². The molecule has 30 heavy (non-hydrogen) atoms. The van der Waals surface area contributed by atoms with Gasteiger partial charge in [0.15, 0.2) is 11.5 Å². The van der Waals surface area contributed by atoms with E-state index < -0.39 is 17.8 Å². The van der Waals surface area contributed by atoms with Crippen LogP contribution < -0.4 is 19.7 Å². The summed E-state index contributed by atoms with van der Waals surface area (Å²) in [5.41, 5.74) is 1.37. The maximum Gasteiger partial charge on any atom is 0.335 e. The molecule has 0 aliphatic carbocycles. The molecule has 0 unspecified atom stereocenters. The summed E-state index contributed by atoms with van der Waals surface area (Å²) in [7, 11) is 1.51. The smallest absolute Gasteiger partial charge is 0.335 e. The molecule has 1 saturated heterocycles. The van der Waals surface area contributed by atoms with E-state index in [1.54, 1.807) is 31.2 Å². The molecule has 2 aromatic carbocycles. The van der Waals surface area contributed by atoms with Crippen LogP contribution in [0, 0.1) is 6.92 Å². The van der Waals surface area contributed by atoms with Crippen molar-refractivity contribution in [3.63, 3.8) is 0 Å². The molecule has 3 rings (SSSR count). The van der Waals surface area contributed by atoms with Crippen molar-refractivity contribution in [3.8, 4) is 11.5 Å². The minimum atomic E-state index is -0.840. The molecule has 0 radical (unpaired) electrons. The van der Waals surface area contributed by atoms with E-state index in [0.717, 1.165) is 10.5 Å². The highest BCUT2D eigenvalue weighted by atomic mass is 79.9. The van der Waals surface area contributed by atoms with Crippen LogP contribution in [0.5, 0.6) is 11.5 Å². The van der Waals surface area contributed by atoms with Gasteiger partial charge in [-0.3, -0.25) is 14.9 Å². The maximum absolute atomic E-state index is 13.0. The fourth-order valence-corrected chi connectivity index (χ4v) is 3.71. The van der Waals surface area contributed by atoms with Gasteiger partial charge in [-0.15, -0.1) is 0 Å². The zero-order valence-electron chi connectivity index (χ0n) is 16.4. The van der Waals surface area contributed by atoms with E-state index in [-0.39, 0.29) is 11.3 Å². The number of carbonyl (C=O) groups is 3. The summed E-state index contributed by atoms with van der Waals surface area (Å²) >= 11 is 9.53. The number of ether oxygens (including phenoxy) is 2. The zero-order chi connectivity index (χ0) is 22.0. The summed E-state index contributed by atoms with van der Waals surface area (Å²) in [5, 5.41) is 2.59. The lowest BCUT2D eigenvalue weighted by molar-refractivity contribution is -0.122. The van der Waals surface area contributed by atoms with Crippen LogP contribution in [0.4, 0.5) is 10.5 Å². The Morgan fingerprint density at radius 3 is 2.57 bits per heavy atom. The number of hydrogen-bond acceptors (Lipinski definition) is 5. The van der Waals surface area contributed by atoms with Gasteiger partial charge in [0.1, 0.15) is 5.57 Å². The molecule has 0 spiro atoms. The molecule has 0 bridgehead atoms. The molecule has 1 aliphatic rings. The molecular formula is C21H18BrClN2O5. The first-order valence-corrected chi connectivity index (χ1v) is 10.1. The predicted molar refractivity (Wildman–Crippen MR) is 117 cm³/mol. The van der Waals surface area contributed by atoms with Crippen molar-refractivity contribution in [1.82, 2.24) is 5.32 Å².